The maximum atomic E-state index is 8.55. The molecular formula is C11H11ClN2. The van der Waals surface area contributed by atoms with Gasteiger partial charge in [0.15, 0.2) is 0 Å². The van der Waals surface area contributed by atoms with Gasteiger partial charge in [0.2, 0.25) is 0 Å². The molecule has 0 aliphatic carbocycles. The van der Waals surface area contributed by atoms with E-state index in [9.17, 15) is 0 Å². The molecule has 72 valence electrons. The molecule has 0 radical (unpaired) electrons. The zero-order valence-corrected chi connectivity index (χ0v) is 8.89. The number of benzene rings is 1. The van der Waals surface area contributed by atoms with Crippen LogP contribution in [0.2, 0.25) is 0 Å². The fraction of sp³-hybridized carbons (Fsp3) is 0.182. The maximum absolute atomic E-state index is 8.55. The molecule has 0 saturated carbocycles. The van der Waals surface area contributed by atoms with Gasteiger partial charge < -0.3 is 5.32 Å². The number of hydrogen-bond acceptors (Lipinski definition) is 2. The second-order valence-corrected chi connectivity index (χ2v) is 3.42. The monoisotopic (exact) mass is 206 g/mol. The van der Waals surface area contributed by atoms with Gasteiger partial charge in [0.25, 0.3) is 0 Å². The third kappa shape index (κ3) is 2.79. The van der Waals surface area contributed by atoms with Gasteiger partial charge in [-0.15, -0.1) is 0 Å². The Morgan fingerprint density at radius 2 is 1.93 bits per heavy atom. The van der Waals surface area contributed by atoms with Crippen LogP contribution in [0.5, 0.6) is 0 Å². The van der Waals surface area contributed by atoms with Crippen molar-refractivity contribution in [3.05, 3.63) is 40.6 Å². The molecule has 1 aromatic rings. The molecule has 0 bridgehead atoms. The van der Waals surface area contributed by atoms with E-state index in [-0.39, 0.29) is 5.03 Å². The number of anilines is 1. The molecule has 0 saturated heterocycles. The van der Waals surface area contributed by atoms with Gasteiger partial charge in [-0.2, -0.15) is 5.26 Å². The summed E-state index contributed by atoms with van der Waals surface area (Å²) in [6.45, 7) is 3.79. The molecule has 0 heterocycles. The molecule has 1 rings (SSSR count). The van der Waals surface area contributed by atoms with Crippen LogP contribution in [0, 0.1) is 18.3 Å². The molecular weight excluding hydrogens is 196 g/mol. The average molecular weight is 207 g/mol. The van der Waals surface area contributed by atoms with E-state index >= 15 is 0 Å². The second kappa shape index (κ2) is 4.69. The van der Waals surface area contributed by atoms with Crippen molar-refractivity contribution in [1.29, 1.82) is 5.26 Å². The highest BCUT2D eigenvalue weighted by Gasteiger charge is 1.98. The molecule has 0 amide bonds. The van der Waals surface area contributed by atoms with Crippen molar-refractivity contribution >= 4 is 17.3 Å². The summed E-state index contributed by atoms with van der Waals surface area (Å²) in [6.07, 6.45) is 0. The Morgan fingerprint density at radius 1 is 1.36 bits per heavy atom. The number of nitriles is 1. The number of nitrogens with zero attached hydrogens (tertiary/aromatic N) is 1. The molecule has 0 aliphatic heterocycles. The Balaban J connectivity index is 2.81. The highest BCUT2D eigenvalue weighted by Crippen LogP contribution is 2.14. The smallest absolute Gasteiger partial charge is 0.137 e. The topological polar surface area (TPSA) is 35.8 Å². The van der Waals surface area contributed by atoms with Crippen molar-refractivity contribution in [2.75, 3.05) is 5.32 Å². The van der Waals surface area contributed by atoms with E-state index in [1.54, 1.807) is 6.92 Å². The summed E-state index contributed by atoms with van der Waals surface area (Å²) in [7, 11) is 0. The van der Waals surface area contributed by atoms with Gasteiger partial charge in [-0.25, -0.2) is 0 Å². The Labute approximate surface area is 88.8 Å². The molecule has 14 heavy (non-hydrogen) atoms. The molecule has 1 N–H and O–H groups in total. The molecule has 0 aliphatic rings. The van der Waals surface area contributed by atoms with Gasteiger partial charge in [-0.3, -0.25) is 0 Å². The van der Waals surface area contributed by atoms with E-state index in [2.05, 4.69) is 5.32 Å². The molecule has 2 nitrogen and oxygen atoms in total. The van der Waals surface area contributed by atoms with Gasteiger partial charge in [0.05, 0.1) is 0 Å². The summed E-state index contributed by atoms with van der Waals surface area (Å²) in [5.74, 6) is 0. The van der Waals surface area contributed by atoms with E-state index in [0.717, 1.165) is 5.69 Å². The Hall–Kier alpha value is -1.46. The lowest BCUT2D eigenvalue weighted by molar-refractivity contribution is 1.35. The third-order valence-corrected chi connectivity index (χ3v) is 2.18. The first kappa shape index (κ1) is 10.6. The van der Waals surface area contributed by atoms with Gasteiger partial charge in [0, 0.05) is 11.4 Å². The fourth-order valence-corrected chi connectivity index (χ4v) is 1.04. The lowest BCUT2D eigenvalue weighted by atomic mass is 10.2. The minimum atomic E-state index is 0.186. The van der Waals surface area contributed by atoms with Crippen molar-refractivity contribution in [3.8, 4) is 6.07 Å². The number of allylic oxidation sites excluding steroid dienone is 2. The minimum absolute atomic E-state index is 0.186. The number of halogens is 1. The SMILES string of the molecule is C/C(Nc1ccc(C)cc1)=C(/Cl)C#N. The summed E-state index contributed by atoms with van der Waals surface area (Å²) in [6, 6.07) is 9.76. The van der Waals surface area contributed by atoms with Crippen molar-refractivity contribution in [3.63, 3.8) is 0 Å². The molecule has 1 aromatic carbocycles. The number of rotatable bonds is 2. The van der Waals surface area contributed by atoms with Crippen LogP contribution in [-0.2, 0) is 0 Å². The fourth-order valence-electron chi connectivity index (χ4n) is 0.992. The molecule has 0 atom stereocenters. The highest BCUT2D eigenvalue weighted by molar-refractivity contribution is 6.32. The summed E-state index contributed by atoms with van der Waals surface area (Å²) in [5.41, 5.74) is 2.79. The zero-order chi connectivity index (χ0) is 10.6. The van der Waals surface area contributed by atoms with E-state index in [0.29, 0.717) is 5.70 Å². The van der Waals surface area contributed by atoms with Gasteiger partial charge in [-0.1, -0.05) is 29.3 Å². The lowest BCUT2D eigenvalue weighted by Crippen LogP contribution is -1.96. The highest BCUT2D eigenvalue weighted by atomic mass is 35.5. The summed E-state index contributed by atoms with van der Waals surface area (Å²) < 4.78 is 0. The standard InChI is InChI=1S/C11H11ClN2/c1-8-3-5-10(6-4-8)14-9(2)11(12)7-13/h3-6,14H,1-2H3/b11-9-. The Bertz CT molecular complexity index is 385. The Kier molecular flexibility index (Phi) is 3.55. The lowest BCUT2D eigenvalue weighted by Gasteiger charge is -2.06. The predicted molar refractivity (Wildman–Crippen MR) is 59.0 cm³/mol. The van der Waals surface area contributed by atoms with Crippen LogP contribution in [-0.4, -0.2) is 0 Å². The van der Waals surface area contributed by atoms with Crippen molar-refractivity contribution < 1.29 is 0 Å². The van der Waals surface area contributed by atoms with Crippen molar-refractivity contribution in [2.24, 2.45) is 0 Å². The maximum Gasteiger partial charge on any atom is 0.137 e. The van der Waals surface area contributed by atoms with E-state index in [1.165, 1.54) is 5.56 Å². The second-order valence-electron chi connectivity index (χ2n) is 3.04. The predicted octanol–water partition coefficient (Wildman–Crippen LogP) is 3.40. The number of aryl methyl sites for hydroxylation is 1. The number of nitrogens with one attached hydrogen (secondary N) is 1. The van der Waals surface area contributed by atoms with E-state index in [4.69, 9.17) is 16.9 Å². The molecule has 3 heteroatoms. The van der Waals surface area contributed by atoms with Crippen LogP contribution in [0.3, 0.4) is 0 Å². The first-order chi connectivity index (χ1) is 6.63. The third-order valence-electron chi connectivity index (χ3n) is 1.81. The van der Waals surface area contributed by atoms with Crippen LogP contribution < -0.4 is 5.32 Å². The van der Waals surface area contributed by atoms with E-state index < -0.39 is 0 Å². The van der Waals surface area contributed by atoms with Crippen LogP contribution >= 0.6 is 11.6 Å². The zero-order valence-electron chi connectivity index (χ0n) is 8.13. The summed E-state index contributed by atoms with van der Waals surface area (Å²) in [4.78, 5) is 0. The van der Waals surface area contributed by atoms with Crippen LogP contribution in [0.25, 0.3) is 0 Å². The van der Waals surface area contributed by atoms with E-state index in [1.807, 2.05) is 37.3 Å². The van der Waals surface area contributed by atoms with Crippen LogP contribution in [0.15, 0.2) is 35.0 Å². The van der Waals surface area contributed by atoms with Gasteiger partial charge >= 0.3 is 0 Å². The van der Waals surface area contributed by atoms with Gasteiger partial charge in [-0.05, 0) is 26.0 Å². The normalized spacial score (nSPS) is 11.6. The minimum Gasteiger partial charge on any atom is -0.357 e. The first-order valence-corrected chi connectivity index (χ1v) is 4.61. The quantitative estimate of drug-likeness (QED) is 0.753. The number of hydrogen-bond donors (Lipinski definition) is 1. The summed E-state index contributed by atoms with van der Waals surface area (Å²) >= 11 is 5.65. The Morgan fingerprint density at radius 3 is 2.43 bits per heavy atom. The largest absolute Gasteiger partial charge is 0.357 e. The van der Waals surface area contributed by atoms with Crippen molar-refractivity contribution in [1.82, 2.24) is 0 Å². The average Bonchev–Trinajstić information content (AvgIpc) is 2.20. The molecule has 0 aromatic heterocycles. The first-order valence-electron chi connectivity index (χ1n) is 4.23. The van der Waals surface area contributed by atoms with Gasteiger partial charge in [0.1, 0.15) is 11.1 Å². The van der Waals surface area contributed by atoms with Crippen LogP contribution in [0.1, 0.15) is 12.5 Å². The van der Waals surface area contributed by atoms with Crippen LogP contribution in [0.4, 0.5) is 5.69 Å². The molecule has 0 spiro atoms. The summed E-state index contributed by atoms with van der Waals surface area (Å²) in [5, 5.41) is 11.8. The molecule has 0 unspecified atom stereocenters. The molecule has 0 fully saturated rings. The van der Waals surface area contributed by atoms with Crippen molar-refractivity contribution in [2.45, 2.75) is 13.8 Å².